The van der Waals surface area contributed by atoms with Gasteiger partial charge in [-0.3, -0.25) is 0 Å². The summed E-state index contributed by atoms with van der Waals surface area (Å²) >= 11 is 0. The fourth-order valence-electron chi connectivity index (χ4n) is 2.32. The second-order valence-electron chi connectivity index (χ2n) is 4.53. The number of carbonyl (C=O) groups excluding carboxylic acids is 1. The standard InChI is InChI=1S/C17H14O4/c1-19-12-7-5-6-11(10-12)16-15(17(18)20-2)13-8-3-4-9-14(13)21-16/h3-10H,1-2H3. The van der Waals surface area contributed by atoms with E-state index in [9.17, 15) is 4.79 Å². The number of benzene rings is 2. The SMILES string of the molecule is COC(=O)c1c(-c2cccc(OC)c2)oc2ccccc12. The van der Waals surface area contributed by atoms with Gasteiger partial charge in [0.1, 0.15) is 22.7 Å². The van der Waals surface area contributed by atoms with Gasteiger partial charge >= 0.3 is 5.97 Å². The molecule has 0 amide bonds. The molecule has 1 heterocycles. The highest BCUT2D eigenvalue weighted by Gasteiger charge is 2.22. The first-order valence-electron chi connectivity index (χ1n) is 6.49. The average Bonchev–Trinajstić information content (AvgIpc) is 2.93. The summed E-state index contributed by atoms with van der Waals surface area (Å²) in [5.41, 5.74) is 1.85. The molecule has 0 aliphatic heterocycles. The maximum atomic E-state index is 12.1. The van der Waals surface area contributed by atoms with Gasteiger partial charge in [0, 0.05) is 10.9 Å². The molecule has 0 atom stereocenters. The Balaban J connectivity index is 2.28. The van der Waals surface area contributed by atoms with Crippen molar-refractivity contribution in [2.24, 2.45) is 0 Å². The van der Waals surface area contributed by atoms with Crippen LogP contribution < -0.4 is 4.74 Å². The predicted octanol–water partition coefficient (Wildman–Crippen LogP) is 3.90. The summed E-state index contributed by atoms with van der Waals surface area (Å²) in [5, 5.41) is 0.738. The summed E-state index contributed by atoms with van der Waals surface area (Å²) in [7, 11) is 2.96. The zero-order valence-electron chi connectivity index (χ0n) is 11.8. The second kappa shape index (κ2) is 5.32. The number of methoxy groups -OCH3 is 2. The van der Waals surface area contributed by atoms with Crippen LogP contribution in [0.1, 0.15) is 10.4 Å². The average molecular weight is 282 g/mol. The fraction of sp³-hybridized carbons (Fsp3) is 0.118. The third-order valence-electron chi connectivity index (χ3n) is 3.32. The van der Waals surface area contributed by atoms with Gasteiger partial charge in [-0.2, -0.15) is 0 Å². The van der Waals surface area contributed by atoms with E-state index >= 15 is 0 Å². The maximum Gasteiger partial charge on any atom is 0.342 e. The van der Waals surface area contributed by atoms with Crippen molar-refractivity contribution in [1.82, 2.24) is 0 Å². The van der Waals surface area contributed by atoms with Crippen molar-refractivity contribution in [3.63, 3.8) is 0 Å². The summed E-state index contributed by atoms with van der Waals surface area (Å²) in [6.45, 7) is 0. The van der Waals surface area contributed by atoms with Crippen LogP contribution >= 0.6 is 0 Å². The van der Waals surface area contributed by atoms with Gasteiger partial charge in [0.15, 0.2) is 0 Å². The van der Waals surface area contributed by atoms with Crippen molar-refractivity contribution in [3.05, 3.63) is 54.1 Å². The lowest BCUT2D eigenvalue weighted by Gasteiger charge is -2.04. The lowest BCUT2D eigenvalue weighted by Crippen LogP contribution is -2.01. The molecule has 3 aromatic rings. The molecule has 0 bridgehead atoms. The van der Waals surface area contributed by atoms with Crippen molar-refractivity contribution in [2.75, 3.05) is 14.2 Å². The van der Waals surface area contributed by atoms with Crippen LogP contribution in [0.5, 0.6) is 5.75 Å². The summed E-state index contributed by atoms with van der Waals surface area (Å²) in [5.74, 6) is 0.767. The molecule has 2 aromatic carbocycles. The van der Waals surface area contributed by atoms with Crippen molar-refractivity contribution in [1.29, 1.82) is 0 Å². The van der Waals surface area contributed by atoms with Crippen LogP contribution in [0.2, 0.25) is 0 Å². The van der Waals surface area contributed by atoms with Crippen molar-refractivity contribution in [3.8, 4) is 17.1 Å². The Morgan fingerprint density at radius 3 is 2.62 bits per heavy atom. The topological polar surface area (TPSA) is 48.7 Å². The molecule has 3 rings (SSSR count). The number of para-hydroxylation sites is 1. The second-order valence-corrected chi connectivity index (χ2v) is 4.53. The summed E-state index contributed by atoms with van der Waals surface area (Å²) in [6, 6.07) is 14.8. The Kier molecular flexibility index (Phi) is 3.36. The maximum absolute atomic E-state index is 12.1. The summed E-state index contributed by atoms with van der Waals surface area (Å²) in [6.07, 6.45) is 0. The minimum absolute atomic E-state index is 0.419. The Morgan fingerprint density at radius 1 is 1.05 bits per heavy atom. The van der Waals surface area contributed by atoms with E-state index in [4.69, 9.17) is 13.9 Å². The van der Waals surface area contributed by atoms with E-state index in [1.54, 1.807) is 7.11 Å². The number of furan rings is 1. The van der Waals surface area contributed by atoms with Crippen molar-refractivity contribution >= 4 is 16.9 Å². The molecule has 0 aliphatic rings. The van der Waals surface area contributed by atoms with Gasteiger partial charge in [0.05, 0.1) is 14.2 Å². The molecule has 0 N–H and O–H groups in total. The largest absolute Gasteiger partial charge is 0.497 e. The lowest BCUT2D eigenvalue weighted by molar-refractivity contribution is 0.0603. The molecular formula is C17H14O4. The van der Waals surface area contributed by atoms with Crippen molar-refractivity contribution < 1.29 is 18.7 Å². The van der Waals surface area contributed by atoms with E-state index in [0.717, 1.165) is 10.9 Å². The first-order valence-corrected chi connectivity index (χ1v) is 6.49. The molecule has 0 unspecified atom stereocenters. The third-order valence-corrected chi connectivity index (χ3v) is 3.32. The Hall–Kier alpha value is -2.75. The van der Waals surface area contributed by atoms with Gasteiger partial charge in [0.2, 0.25) is 0 Å². The molecule has 21 heavy (non-hydrogen) atoms. The van der Waals surface area contributed by atoms with Gasteiger partial charge in [0.25, 0.3) is 0 Å². The monoisotopic (exact) mass is 282 g/mol. The number of rotatable bonds is 3. The third kappa shape index (κ3) is 2.25. The number of esters is 1. The van der Waals surface area contributed by atoms with Gasteiger partial charge < -0.3 is 13.9 Å². The predicted molar refractivity (Wildman–Crippen MR) is 79.5 cm³/mol. The van der Waals surface area contributed by atoms with E-state index in [2.05, 4.69) is 0 Å². The number of fused-ring (bicyclic) bond motifs is 1. The first-order chi connectivity index (χ1) is 10.2. The first kappa shape index (κ1) is 13.2. The fourth-order valence-corrected chi connectivity index (χ4v) is 2.32. The molecule has 0 aliphatic carbocycles. The number of carbonyl (C=O) groups is 1. The highest BCUT2D eigenvalue weighted by molar-refractivity contribution is 6.08. The molecule has 0 saturated carbocycles. The van der Waals surface area contributed by atoms with Crippen LogP contribution in [0, 0.1) is 0 Å². The van der Waals surface area contributed by atoms with Gasteiger partial charge in [-0.1, -0.05) is 30.3 Å². The Labute approximate surface area is 121 Å². The normalized spacial score (nSPS) is 10.6. The van der Waals surface area contributed by atoms with E-state index in [0.29, 0.717) is 22.7 Å². The molecule has 0 radical (unpaired) electrons. The zero-order chi connectivity index (χ0) is 14.8. The molecule has 106 valence electrons. The quantitative estimate of drug-likeness (QED) is 0.684. The summed E-state index contributed by atoms with van der Waals surface area (Å²) in [4.78, 5) is 12.1. The lowest BCUT2D eigenvalue weighted by atomic mass is 10.1. The molecule has 1 aromatic heterocycles. The molecule has 4 nitrogen and oxygen atoms in total. The van der Waals surface area contributed by atoms with E-state index in [1.165, 1.54) is 7.11 Å². The van der Waals surface area contributed by atoms with Crippen molar-refractivity contribution in [2.45, 2.75) is 0 Å². The van der Waals surface area contributed by atoms with E-state index in [-0.39, 0.29) is 0 Å². The minimum Gasteiger partial charge on any atom is -0.497 e. The highest BCUT2D eigenvalue weighted by Crippen LogP contribution is 2.35. The smallest absolute Gasteiger partial charge is 0.342 e. The van der Waals surface area contributed by atoms with Crippen LogP contribution in [-0.4, -0.2) is 20.2 Å². The highest BCUT2D eigenvalue weighted by atomic mass is 16.5. The molecule has 4 heteroatoms. The van der Waals surface area contributed by atoms with Crippen LogP contribution in [0.15, 0.2) is 52.9 Å². The summed E-state index contributed by atoms with van der Waals surface area (Å²) < 4.78 is 16.0. The van der Waals surface area contributed by atoms with Crippen LogP contribution in [0.4, 0.5) is 0 Å². The Bertz CT molecular complexity index is 801. The molecular weight excluding hydrogens is 268 g/mol. The van der Waals surface area contributed by atoms with Gasteiger partial charge in [-0.05, 0) is 18.2 Å². The number of hydrogen-bond donors (Lipinski definition) is 0. The minimum atomic E-state index is -0.419. The molecule has 0 spiro atoms. The van der Waals surface area contributed by atoms with Crippen LogP contribution in [-0.2, 0) is 4.74 Å². The zero-order valence-corrected chi connectivity index (χ0v) is 11.8. The van der Waals surface area contributed by atoms with Gasteiger partial charge in [-0.25, -0.2) is 4.79 Å². The van der Waals surface area contributed by atoms with Gasteiger partial charge in [-0.15, -0.1) is 0 Å². The Morgan fingerprint density at radius 2 is 1.86 bits per heavy atom. The molecule has 0 fully saturated rings. The number of hydrogen-bond acceptors (Lipinski definition) is 4. The van der Waals surface area contributed by atoms with E-state index in [1.807, 2.05) is 48.5 Å². The van der Waals surface area contributed by atoms with E-state index < -0.39 is 5.97 Å². The number of ether oxygens (including phenoxy) is 2. The van der Waals surface area contributed by atoms with Crippen LogP contribution in [0.3, 0.4) is 0 Å². The molecule has 0 saturated heterocycles. The van der Waals surface area contributed by atoms with Crippen LogP contribution in [0.25, 0.3) is 22.3 Å².